The SMILES string of the molecule is CC(=O)NCCCCCC(=O)N1CC[C@@H]2O[C@@H]3c4cc(Cl)ccc4OC(C)(C)[C@H]3C[C@H]2C1. The molecule has 0 aromatic heterocycles. The van der Waals surface area contributed by atoms with E-state index in [1.54, 1.807) is 0 Å². The number of fused-ring (bicyclic) bond motifs is 4. The summed E-state index contributed by atoms with van der Waals surface area (Å²) in [6.45, 7) is 8.00. The molecule has 3 aliphatic rings. The summed E-state index contributed by atoms with van der Waals surface area (Å²) in [5, 5.41) is 3.50. The van der Waals surface area contributed by atoms with E-state index in [0.717, 1.165) is 56.5 Å². The molecule has 0 aliphatic carbocycles. The summed E-state index contributed by atoms with van der Waals surface area (Å²) in [5.74, 6) is 1.65. The molecule has 2 fully saturated rings. The predicted molar refractivity (Wildman–Crippen MR) is 124 cm³/mol. The number of rotatable bonds is 6. The molecule has 32 heavy (non-hydrogen) atoms. The second-order valence-electron chi connectivity index (χ2n) is 10.0. The first-order valence-corrected chi connectivity index (χ1v) is 12.3. The lowest BCUT2D eigenvalue weighted by Gasteiger charge is -2.53. The highest BCUT2D eigenvalue weighted by molar-refractivity contribution is 6.30. The fourth-order valence-electron chi connectivity index (χ4n) is 5.51. The predicted octanol–water partition coefficient (Wildman–Crippen LogP) is 4.50. The van der Waals surface area contributed by atoms with Gasteiger partial charge >= 0.3 is 0 Å². The lowest BCUT2D eigenvalue weighted by Crippen LogP contribution is -2.55. The van der Waals surface area contributed by atoms with E-state index in [-0.39, 0.29) is 35.5 Å². The Hall–Kier alpha value is -1.79. The smallest absolute Gasteiger partial charge is 0.222 e. The number of likely N-dealkylation sites (tertiary alicyclic amines) is 1. The minimum atomic E-state index is -0.337. The highest BCUT2D eigenvalue weighted by Gasteiger charge is 2.51. The normalized spacial score (nSPS) is 28.1. The van der Waals surface area contributed by atoms with Gasteiger partial charge in [-0.3, -0.25) is 9.59 Å². The van der Waals surface area contributed by atoms with E-state index in [9.17, 15) is 9.59 Å². The third-order valence-corrected chi connectivity index (χ3v) is 7.48. The van der Waals surface area contributed by atoms with Crippen LogP contribution in [0.25, 0.3) is 0 Å². The van der Waals surface area contributed by atoms with Crippen molar-refractivity contribution >= 4 is 23.4 Å². The van der Waals surface area contributed by atoms with Crippen molar-refractivity contribution in [3.05, 3.63) is 28.8 Å². The van der Waals surface area contributed by atoms with Crippen molar-refractivity contribution in [3.8, 4) is 5.75 Å². The molecule has 2 saturated heterocycles. The fourth-order valence-corrected chi connectivity index (χ4v) is 5.69. The van der Waals surface area contributed by atoms with E-state index < -0.39 is 0 Å². The Kier molecular flexibility index (Phi) is 7.01. The molecule has 0 saturated carbocycles. The van der Waals surface area contributed by atoms with E-state index in [4.69, 9.17) is 21.1 Å². The summed E-state index contributed by atoms with van der Waals surface area (Å²) in [4.78, 5) is 25.7. The lowest BCUT2D eigenvalue weighted by molar-refractivity contribution is -0.188. The van der Waals surface area contributed by atoms with Gasteiger partial charge in [0.25, 0.3) is 0 Å². The van der Waals surface area contributed by atoms with Crippen LogP contribution in [0.4, 0.5) is 0 Å². The second kappa shape index (κ2) is 9.60. The molecule has 2 amide bonds. The second-order valence-corrected chi connectivity index (χ2v) is 10.4. The molecular weight excluding hydrogens is 428 g/mol. The molecule has 6 nitrogen and oxygen atoms in total. The standard InChI is InChI=1S/C25H35ClN2O4/c1-16(29)27-11-6-4-5-7-23(30)28-12-10-21-17(15-28)13-20-24(31-21)19-14-18(26)8-9-22(19)32-25(20,2)3/h8-9,14,17,20-21,24H,4-7,10-13,15H2,1-3H3,(H,27,29)/t17-,20-,21-,24+/m0/s1. The van der Waals surface area contributed by atoms with Crippen molar-refractivity contribution < 1.29 is 19.1 Å². The van der Waals surface area contributed by atoms with Crippen molar-refractivity contribution in [2.45, 2.75) is 77.1 Å². The molecule has 7 heteroatoms. The summed E-state index contributed by atoms with van der Waals surface area (Å²) in [7, 11) is 0. The number of unbranched alkanes of at least 4 members (excludes halogenated alkanes) is 2. The zero-order valence-electron chi connectivity index (χ0n) is 19.4. The van der Waals surface area contributed by atoms with Crippen molar-refractivity contribution in [3.63, 3.8) is 0 Å². The number of hydrogen-bond acceptors (Lipinski definition) is 4. The molecule has 176 valence electrons. The highest BCUT2D eigenvalue weighted by atomic mass is 35.5. The monoisotopic (exact) mass is 462 g/mol. The van der Waals surface area contributed by atoms with Gasteiger partial charge in [0.2, 0.25) is 11.8 Å². The summed E-state index contributed by atoms with van der Waals surface area (Å²) in [6.07, 6.45) is 5.31. The zero-order valence-corrected chi connectivity index (χ0v) is 20.1. The van der Waals surface area contributed by atoms with Gasteiger partial charge in [-0.1, -0.05) is 18.0 Å². The van der Waals surface area contributed by atoms with Crippen LogP contribution >= 0.6 is 11.6 Å². The Balaban J connectivity index is 1.34. The number of carbonyl (C=O) groups excluding carboxylic acids is 2. The number of hydrogen-bond donors (Lipinski definition) is 1. The van der Waals surface area contributed by atoms with Crippen molar-refractivity contribution in [2.24, 2.45) is 11.8 Å². The molecule has 4 rings (SSSR count). The van der Waals surface area contributed by atoms with Crippen LogP contribution in [0.3, 0.4) is 0 Å². The number of ether oxygens (including phenoxy) is 2. The molecule has 0 unspecified atom stereocenters. The average Bonchev–Trinajstić information content (AvgIpc) is 2.75. The number of nitrogens with one attached hydrogen (secondary N) is 1. The Morgan fingerprint density at radius 3 is 2.84 bits per heavy atom. The van der Waals surface area contributed by atoms with Gasteiger partial charge in [0, 0.05) is 55.4 Å². The van der Waals surface area contributed by atoms with Crippen LogP contribution < -0.4 is 10.1 Å². The topological polar surface area (TPSA) is 67.9 Å². The number of piperidine rings is 1. The quantitative estimate of drug-likeness (QED) is 0.632. The summed E-state index contributed by atoms with van der Waals surface area (Å²) >= 11 is 6.28. The maximum Gasteiger partial charge on any atom is 0.222 e. The maximum atomic E-state index is 12.8. The summed E-state index contributed by atoms with van der Waals surface area (Å²) in [5.41, 5.74) is 0.717. The van der Waals surface area contributed by atoms with Crippen LogP contribution in [0.5, 0.6) is 5.75 Å². The van der Waals surface area contributed by atoms with Gasteiger partial charge in [0.1, 0.15) is 11.4 Å². The Morgan fingerprint density at radius 1 is 1.25 bits per heavy atom. The first kappa shape index (κ1) is 23.4. The molecule has 3 aliphatic heterocycles. The fraction of sp³-hybridized carbons (Fsp3) is 0.680. The molecule has 1 aromatic carbocycles. The van der Waals surface area contributed by atoms with Crippen LogP contribution in [-0.2, 0) is 14.3 Å². The Labute approximate surface area is 196 Å². The third kappa shape index (κ3) is 5.07. The molecule has 3 heterocycles. The minimum absolute atomic E-state index is 0.000911. The molecule has 0 radical (unpaired) electrons. The van der Waals surface area contributed by atoms with Gasteiger partial charge in [-0.2, -0.15) is 0 Å². The number of amides is 2. The van der Waals surface area contributed by atoms with Crippen LogP contribution in [0, 0.1) is 11.8 Å². The lowest BCUT2D eigenvalue weighted by atomic mass is 9.70. The molecule has 4 atom stereocenters. The maximum absolute atomic E-state index is 12.8. The van der Waals surface area contributed by atoms with E-state index in [2.05, 4.69) is 19.2 Å². The molecular formula is C25H35ClN2O4. The van der Waals surface area contributed by atoms with Gasteiger partial charge < -0.3 is 19.7 Å². The van der Waals surface area contributed by atoms with Gasteiger partial charge in [-0.25, -0.2) is 0 Å². The van der Waals surface area contributed by atoms with E-state index >= 15 is 0 Å². The average molecular weight is 463 g/mol. The van der Waals surface area contributed by atoms with Crippen LogP contribution in [0.1, 0.15) is 71.0 Å². The molecule has 1 aromatic rings. The van der Waals surface area contributed by atoms with E-state index in [1.807, 2.05) is 23.1 Å². The van der Waals surface area contributed by atoms with Crippen molar-refractivity contribution in [2.75, 3.05) is 19.6 Å². The molecule has 1 N–H and O–H groups in total. The van der Waals surface area contributed by atoms with Crippen LogP contribution in [-0.4, -0.2) is 48.1 Å². The molecule has 0 bridgehead atoms. The van der Waals surface area contributed by atoms with Crippen molar-refractivity contribution in [1.82, 2.24) is 10.2 Å². The third-order valence-electron chi connectivity index (χ3n) is 7.25. The minimum Gasteiger partial charge on any atom is -0.487 e. The van der Waals surface area contributed by atoms with Crippen LogP contribution in [0.15, 0.2) is 18.2 Å². The van der Waals surface area contributed by atoms with Gasteiger partial charge in [0.15, 0.2) is 0 Å². The van der Waals surface area contributed by atoms with Gasteiger partial charge in [0.05, 0.1) is 12.2 Å². The Morgan fingerprint density at radius 2 is 2.06 bits per heavy atom. The number of halogens is 1. The van der Waals surface area contributed by atoms with Crippen molar-refractivity contribution in [1.29, 1.82) is 0 Å². The molecule has 0 spiro atoms. The largest absolute Gasteiger partial charge is 0.487 e. The van der Waals surface area contributed by atoms with Gasteiger partial charge in [-0.15, -0.1) is 0 Å². The highest BCUT2D eigenvalue weighted by Crippen LogP contribution is 2.53. The summed E-state index contributed by atoms with van der Waals surface area (Å²) < 4.78 is 13.0. The van der Waals surface area contributed by atoms with E-state index in [1.165, 1.54) is 6.92 Å². The first-order chi connectivity index (χ1) is 15.2. The summed E-state index contributed by atoms with van der Waals surface area (Å²) in [6, 6.07) is 5.80. The van der Waals surface area contributed by atoms with E-state index in [0.29, 0.717) is 23.9 Å². The number of nitrogens with zero attached hydrogens (tertiary/aromatic N) is 1. The Bertz CT molecular complexity index is 858. The number of benzene rings is 1. The first-order valence-electron chi connectivity index (χ1n) is 11.9. The van der Waals surface area contributed by atoms with Gasteiger partial charge in [-0.05, 0) is 57.7 Å². The number of carbonyl (C=O) groups is 2. The van der Waals surface area contributed by atoms with Crippen LogP contribution in [0.2, 0.25) is 5.02 Å². The zero-order chi connectivity index (χ0) is 22.9.